The second kappa shape index (κ2) is 4.79. The average molecular weight is 302 g/mol. The third-order valence-electron chi connectivity index (χ3n) is 2.14. The second-order valence-electron chi connectivity index (χ2n) is 3.36. The van der Waals surface area contributed by atoms with E-state index < -0.39 is 17.5 Å². The van der Waals surface area contributed by atoms with Crippen LogP contribution in [0.15, 0.2) is 40.9 Å². The normalized spacial score (nSPS) is 10.4. The maximum atomic E-state index is 13.0. The maximum Gasteiger partial charge on any atom is 0.194 e. The number of halogens is 4. The second-order valence-corrected chi connectivity index (χ2v) is 4.21. The van der Waals surface area contributed by atoms with Gasteiger partial charge in [0.1, 0.15) is 0 Å². The van der Waals surface area contributed by atoms with Crippen molar-refractivity contribution < 1.29 is 13.2 Å². The van der Waals surface area contributed by atoms with Crippen LogP contribution in [0.5, 0.6) is 0 Å². The summed E-state index contributed by atoms with van der Waals surface area (Å²) >= 11 is 3.28. The third kappa shape index (κ3) is 2.61. The van der Waals surface area contributed by atoms with Crippen molar-refractivity contribution in [2.75, 3.05) is 5.32 Å². The first-order valence-electron chi connectivity index (χ1n) is 4.74. The Balaban J connectivity index is 2.34. The molecule has 0 unspecified atom stereocenters. The molecule has 2 aromatic rings. The van der Waals surface area contributed by atoms with Crippen molar-refractivity contribution >= 4 is 27.3 Å². The molecule has 1 nitrogen and oxygen atoms in total. The van der Waals surface area contributed by atoms with E-state index in [1.807, 2.05) is 0 Å². The van der Waals surface area contributed by atoms with E-state index >= 15 is 0 Å². The van der Waals surface area contributed by atoms with E-state index in [0.717, 1.165) is 16.6 Å². The highest BCUT2D eigenvalue weighted by molar-refractivity contribution is 9.10. The van der Waals surface area contributed by atoms with Crippen molar-refractivity contribution in [3.63, 3.8) is 0 Å². The molecule has 0 atom stereocenters. The Hall–Kier alpha value is -1.49. The van der Waals surface area contributed by atoms with E-state index in [9.17, 15) is 13.2 Å². The Morgan fingerprint density at radius 3 is 2.12 bits per heavy atom. The smallest absolute Gasteiger partial charge is 0.194 e. The zero-order valence-corrected chi connectivity index (χ0v) is 10.1. The van der Waals surface area contributed by atoms with Gasteiger partial charge in [-0.2, -0.15) is 0 Å². The van der Waals surface area contributed by atoms with Gasteiger partial charge in [0.2, 0.25) is 0 Å². The molecule has 5 heteroatoms. The van der Waals surface area contributed by atoms with Gasteiger partial charge in [0.05, 0.1) is 5.69 Å². The van der Waals surface area contributed by atoms with Crippen molar-refractivity contribution in [2.24, 2.45) is 0 Å². The highest BCUT2D eigenvalue weighted by Crippen LogP contribution is 2.26. The molecule has 0 aromatic heterocycles. The number of nitrogens with one attached hydrogen (secondary N) is 1. The molecule has 1 N–H and O–H groups in total. The highest BCUT2D eigenvalue weighted by atomic mass is 79.9. The van der Waals surface area contributed by atoms with E-state index in [-0.39, 0.29) is 5.69 Å². The van der Waals surface area contributed by atoms with Gasteiger partial charge < -0.3 is 5.32 Å². The molecular formula is C12H7BrF3N. The first-order chi connectivity index (χ1) is 8.08. The molecule has 0 aliphatic rings. The fraction of sp³-hybridized carbons (Fsp3) is 0. The maximum absolute atomic E-state index is 13.0. The molecule has 0 fully saturated rings. The predicted molar refractivity (Wildman–Crippen MR) is 63.7 cm³/mol. The Labute approximate surface area is 104 Å². The molecule has 2 aromatic carbocycles. The molecule has 88 valence electrons. The van der Waals surface area contributed by atoms with E-state index in [4.69, 9.17) is 0 Å². The van der Waals surface area contributed by atoms with Crippen molar-refractivity contribution in [1.29, 1.82) is 0 Å². The first kappa shape index (κ1) is 12.0. The van der Waals surface area contributed by atoms with E-state index in [1.54, 1.807) is 24.3 Å². The predicted octanol–water partition coefficient (Wildman–Crippen LogP) is 4.61. The zero-order valence-electron chi connectivity index (χ0n) is 8.48. The highest BCUT2D eigenvalue weighted by Gasteiger charge is 2.10. The molecule has 0 radical (unpaired) electrons. The molecule has 17 heavy (non-hydrogen) atoms. The lowest BCUT2D eigenvalue weighted by Gasteiger charge is -2.09. The van der Waals surface area contributed by atoms with Crippen LogP contribution in [0, 0.1) is 17.5 Å². The monoisotopic (exact) mass is 301 g/mol. The van der Waals surface area contributed by atoms with Crippen LogP contribution in [0.4, 0.5) is 24.5 Å². The topological polar surface area (TPSA) is 12.0 Å². The summed E-state index contributed by atoms with van der Waals surface area (Å²) in [5.74, 6) is -3.92. The first-order valence-corrected chi connectivity index (χ1v) is 5.53. The van der Waals surface area contributed by atoms with Crippen molar-refractivity contribution in [2.45, 2.75) is 0 Å². The number of rotatable bonds is 2. The Bertz CT molecular complexity index is 534. The molecule has 0 spiro atoms. The molecule has 0 amide bonds. The van der Waals surface area contributed by atoms with Crippen LogP contribution in [-0.4, -0.2) is 0 Å². The summed E-state index contributed by atoms with van der Waals surface area (Å²) in [6.07, 6.45) is 0. The van der Waals surface area contributed by atoms with Crippen LogP contribution < -0.4 is 5.32 Å². The zero-order chi connectivity index (χ0) is 12.4. The van der Waals surface area contributed by atoms with Gasteiger partial charge in [-0.05, 0) is 28.1 Å². The third-order valence-corrected chi connectivity index (χ3v) is 2.83. The fourth-order valence-electron chi connectivity index (χ4n) is 1.35. The number of benzene rings is 2. The number of hydrogen-bond acceptors (Lipinski definition) is 1. The Morgan fingerprint density at radius 2 is 1.53 bits per heavy atom. The number of hydrogen-bond donors (Lipinski definition) is 1. The van der Waals surface area contributed by atoms with Crippen molar-refractivity contribution in [3.8, 4) is 0 Å². The lowest BCUT2D eigenvalue weighted by Crippen LogP contribution is -1.96. The SMILES string of the molecule is Fc1cc(Nc2ccccc2Br)cc(F)c1F. The largest absolute Gasteiger partial charge is 0.354 e. The summed E-state index contributed by atoms with van der Waals surface area (Å²) in [5, 5.41) is 2.79. The Morgan fingerprint density at radius 1 is 0.941 bits per heavy atom. The molecule has 0 aliphatic carbocycles. The summed E-state index contributed by atoms with van der Waals surface area (Å²) in [5.41, 5.74) is 0.784. The Kier molecular flexibility index (Phi) is 3.38. The average Bonchev–Trinajstić information content (AvgIpc) is 2.29. The number of anilines is 2. The molecule has 2 rings (SSSR count). The van der Waals surface area contributed by atoms with Crippen LogP contribution in [-0.2, 0) is 0 Å². The van der Waals surface area contributed by atoms with E-state index in [1.165, 1.54) is 0 Å². The molecule has 0 bridgehead atoms. The lowest BCUT2D eigenvalue weighted by atomic mass is 10.2. The quantitative estimate of drug-likeness (QED) is 0.799. The van der Waals surface area contributed by atoms with Crippen LogP contribution in [0.2, 0.25) is 0 Å². The number of para-hydroxylation sites is 1. The van der Waals surface area contributed by atoms with E-state index in [0.29, 0.717) is 5.69 Å². The molecule has 0 saturated heterocycles. The molecular weight excluding hydrogens is 295 g/mol. The van der Waals surface area contributed by atoms with Crippen molar-refractivity contribution in [1.82, 2.24) is 0 Å². The van der Waals surface area contributed by atoms with Crippen LogP contribution >= 0.6 is 15.9 Å². The van der Waals surface area contributed by atoms with E-state index in [2.05, 4.69) is 21.2 Å². The van der Waals surface area contributed by atoms with Crippen molar-refractivity contribution in [3.05, 3.63) is 58.3 Å². The lowest BCUT2D eigenvalue weighted by molar-refractivity contribution is 0.448. The fourth-order valence-corrected chi connectivity index (χ4v) is 1.73. The van der Waals surface area contributed by atoms with Gasteiger partial charge in [-0.3, -0.25) is 0 Å². The summed E-state index contributed by atoms with van der Waals surface area (Å²) in [6, 6.07) is 8.88. The molecule has 0 heterocycles. The minimum atomic E-state index is -1.47. The summed E-state index contributed by atoms with van der Waals surface area (Å²) in [7, 11) is 0. The summed E-state index contributed by atoms with van der Waals surface area (Å²) in [4.78, 5) is 0. The van der Waals surface area contributed by atoms with Gasteiger partial charge in [-0.15, -0.1) is 0 Å². The summed E-state index contributed by atoms with van der Waals surface area (Å²) < 4.78 is 39.4. The van der Waals surface area contributed by atoms with Gasteiger partial charge in [-0.1, -0.05) is 12.1 Å². The molecule has 0 saturated carbocycles. The van der Waals surface area contributed by atoms with Gasteiger partial charge in [-0.25, -0.2) is 13.2 Å². The summed E-state index contributed by atoms with van der Waals surface area (Å²) in [6.45, 7) is 0. The minimum absolute atomic E-state index is 0.147. The van der Waals surface area contributed by atoms with Gasteiger partial charge in [0.25, 0.3) is 0 Å². The van der Waals surface area contributed by atoms with Gasteiger partial charge in [0, 0.05) is 22.3 Å². The van der Waals surface area contributed by atoms with Crippen LogP contribution in [0.25, 0.3) is 0 Å². The minimum Gasteiger partial charge on any atom is -0.354 e. The van der Waals surface area contributed by atoms with Crippen LogP contribution in [0.1, 0.15) is 0 Å². The van der Waals surface area contributed by atoms with Gasteiger partial charge in [0.15, 0.2) is 17.5 Å². The molecule has 0 aliphatic heterocycles. The standard InChI is InChI=1S/C12H7BrF3N/c13-8-3-1-2-4-11(8)17-7-5-9(14)12(16)10(15)6-7/h1-6,17H. The van der Waals surface area contributed by atoms with Gasteiger partial charge >= 0.3 is 0 Å². The van der Waals surface area contributed by atoms with Crippen LogP contribution in [0.3, 0.4) is 0 Å².